The van der Waals surface area contributed by atoms with Crippen molar-refractivity contribution in [1.29, 1.82) is 0 Å². The standard InChI is InChI=1S/C13H12N2O2S/c1-9(16)15-12(17)8-18-11-6-2-4-10-5-3-7-14-13(10)11/h2-7H,8H2,1H3,(H,15,16,17). The highest BCUT2D eigenvalue weighted by atomic mass is 32.2. The quantitative estimate of drug-likeness (QED) is 0.857. The van der Waals surface area contributed by atoms with E-state index in [1.54, 1.807) is 6.20 Å². The number of carbonyl (C=O) groups excluding carboxylic acids is 2. The molecule has 0 saturated heterocycles. The first kappa shape index (κ1) is 12.6. The number of nitrogens with zero attached hydrogens (tertiary/aromatic N) is 1. The van der Waals surface area contributed by atoms with Crippen molar-refractivity contribution in [2.45, 2.75) is 11.8 Å². The molecular weight excluding hydrogens is 248 g/mol. The van der Waals surface area contributed by atoms with E-state index in [2.05, 4.69) is 10.3 Å². The summed E-state index contributed by atoms with van der Waals surface area (Å²) in [6.45, 7) is 1.32. The van der Waals surface area contributed by atoms with Crippen LogP contribution < -0.4 is 5.32 Å². The number of hydrogen-bond donors (Lipinski definition) is 1. The van der Waals surface area contributed by atoms with Crippen LogP contribution in [-0.4, -0.2) is 22.6 Å². The number of hydrogen-bond acceptors (Lipinski definition) is 4. The first-order valence-electron chi connectivity index (χ1n) is 5.44. The van der Waals surface area contributed by atoms with Crippen LogP contribution in [0.1, 0.15) is 6.92 Å². The largest absolute Gasteiger partial charge is 0.296 e. The molecule has 92 valence electrons. The Labute approximate surface area is 109 Å². The predicted molar refractivity (Wildman–Crippen MR) is 71.3 cm³/mol. The molecule has 4 nitrogen and oxygen atoms in total. The predicted octanol–water partition coefficient (Wildman–Crippen LogP) is 1.99. The van der Waals surface area contributed by atoms with Crippen LogP contribution in [0.4, 0.5) is 0 Å². The van der Waals surface area contributed by atoms with E-state index < -0.39 is 0 Å². The number of benzene rings is 1. The highest BCUT2D eigenvalue weighted by molar-refractivity contribution is 8.00. The fraction of sp³-hybridized carbons (Fsp3) is 0.154. The van der Waals surface area contributed by atoms with Crippen LogP contribution in [0.5, 0.6) is 0 Å². The fourth-order valence-electron chi connectivity index (χ4n) is 1.57. The molecule has 18 heavy (non-hydrogen) atoms. The van der Waals surface area contributed by atoms with Gasteiger partial charge in [0, 0.05) is 23.4 Å². The van der Waals surface area contributed by atoms with E-state index >= 15 is 0 Å². The molecule has 2 aromatic rings. The van der Waals surface area contributed by atoms with Crippen molar-refractivity contribution >= 4 is 34.5 Å². The normalized spacial score (nSPS) is 10.3. The summed E-state index contributed by atoms with van der Waals surface area (Å²) >= 11 is 1.37. The molecule has 0 radical (unpaired) electrons. The smallest absolute Gasteiger partial charge is 0.236 e. The first-order valence-corrected chi connectivity index (χ1v) is 6.42. The Morgan fingerprint density at radius 2 is 2.06 bits per heavy atom. The van der Waals surface area contributed by atoms with Gasteiger partial charge >= 0.3 is 0 Å². The van der Waals surface area contributed by atoms with Gasteiger partial charge in [0.15, 0.2) is 0 Å². The maximum atomic E-state index is 11.4. The molecule has 0 spiro atoms. The Morgan fingerprint density at radius 3 is 2.83 bits per heavy atom. The molecule has 0 aliphatic carbocycles. The van der Waals surface area contributed by atoms with Crippen LogP contribution in [0.2, 0.25) is 0 Å². The van der Waals surface area contributed by atoms with E-state index in [-0.39, 0.29) is 17.6 Å². The molecule has 1 aromatic carbocycles. The summed E-state index contributed by atoms with van der Waals surface area (Å²) in [6.07, 6.45) is 1.72. The van der Waals surface area contributed by atoms with Crippen LogP contribution in [0.3, 0.4) is 0 Å². The molecule has 0 aliphatic rings. The van der Waals surface area contributed by atoms with E-state index in [1.807, 2.05) is 30.3 Å². The summed E-state index contributed by atoms with van der Waals surface area (Å²) < 4.78 is 0. The number of pyridine rings is 1. The van der Waals surface area contributed by atoms with E-state index in [9.17, 15) is 9.59 Å². The summed E-state index contributed by atoms with van der Waals surface area (Å²) in [6, 6.07) is 9.67. The zero-order chi connectivity index (χ0) is 13.0. The van der Waals surface area contributed by atoms with Gasteiger partial charge in [-0.1, -0.05) is 18.2 Å². The highest BCUT2D eigenvalue weighted by Crippen LogP contribution is 2.25. The number of amides is 2. The number of nitrogens with one attached hydrogen (secondary N) is 1. The van der Waals surface area contributed by atoms with Crippen molar-refractivity contribution in [3.05, 3.63) is 36.5 Å². The molecular formula is C13H12N2O2S. The van der Waals surface area contributed by atoms with Crippen LogP contribution in [0, 0.1) is 0 Å². The molecule has 1 aromatic heterocycles. The Hall–Kier alpha value is -1.88. The van der Waals surface area contributed by atoms with Crippen molar-refractivity contribution in [1.82, 2.24) is 10.3 Å². The first-order chi connectivity index (χ1) is 8.66. The maximum absolute atomic E-state index is 11.4. The Morgan fingerprint density at radius 1 is 1.28 bits per heavy atom. The zero-order valence-corrected chi connectivity index (χ0v) is 10.7. The Balaban J connectivity index is 2.12. The lowest BCUT2D eigenvalue weighted by Crippen LogP contribution is -2.29. The molecule has 0 fully saturated rings. The van der Waals surface area contributed by atoms with Crippen molar-refractivity contribution < 1.29 is 9.59 Å². The molecule has 1 heterocycles. The molecule has 0 atom stereocenters. The Bertz CT molecular complexity index is 593. The van der Waals surface area contributed by atoms with Gasteiger partial charge in [0.2, 0.25) is 11.8 Å². The minimum atomic E-state index is -0.336. The van der Waals surface area contributed by atoms with Crippen molar-refractivity contribution in [2.24, 2.45) is 0 Å². The van der Waals surface area contributed by atoms with Crippen LogP contribution in [0.15, 0.2) is 41.4 Å². The average molecular weight is 260 g/mol. The van der Waals surface area contributed by atoms with Crippen LogP contribution in [0.25, 0.3) is 10.9 Å². The molecule has 2 rings (SSSR count). The van der Waals surface area contributed by atoms with Gasteiger partial charge in [-0.2, -0.15) is 0 Å². The lowest BCUT2D eigenvalue weighted by atomic mass is 10.2. The third kappa shape index (κ3) is 3.07. The van der Waals surface area contributed by atoms with Gasteiger partial charge < -0.3 is 0 Å². The minimum Gasteiger partial charge on any atom is -0.296 e. The maximum Gasteiger partial charge on any atom is 0.236 e. The molecule has 0 unspecified atom stereocenters. The molecule has 5 heteroatoms. The summed E-state index contributed by atoms with van der Waals surface area (Å²) in [5.74, 6) is -0.424. The van der Waals surface area contributed by atoms with E-state index in [4.69, 9.17) is 0 Å². The number of aromatic nitrogens is 1. The molecule has 0 bridgehead atoms. The monoisotopic (exact) mass is 260 g/mol. The zero-order valence-electron chi connectivity index (χ0n) is 9.84. The van der Waals surface area contributed by atoms with Gasteiger partial charge in [-0.05, 0) is 12.1 Å². The highest BCUT2D eigenvalue weighted by Gasteiger charge is 2.07. The molecule has 1 N–H and O–H groups in total. The SMILES string of the molecule is CC(=O)NC(=O)CSc1cccc2cccnc12. The van der Waals surface area contributed by atoms with Gasteiger partial charge in [0.1, 0.15) is 0 Å². The second kappa shape index (κ2) is 5.64. The number of fused-ring (bicyclic) bond motifs is 1. The molecule has 0 saturated carbocycles. The summed E-state index contributed by atoms with van der Waals surface area (Å²) in [5, 5.41) is 3.28. The van der Waals surface area contributed by atoms with E-state index in [0.29, 0.717) is 0 Å². The fourth-order valence-corrected chi connectivity index (χ4v) is 2.41. The number of thioether (sulfide) groups is 1. The summed E-state index contributed by atoms with van der Waals surface area (Å²) in [4.78, 5) is 27.4. The topological polar surface area (TPSA) is 59.1 Å². The second-order valence-electron chi connectivity index (χ2n) is 3.72. The second-order valence-corrected chi connectivity index (χ2v) is 4.74. The minimum absolute atomic E-state index is 0.204. The van der Waals surface area contributed by atoms with Gasteiger partial charge in [-0.15, -0.1) is 11.8 Å². The lowest BCUT2D eigenvalue weighted by molar-refractivity contribution is -0.127. The summed E-state index contributed by atoms with van der Waals surface area (Å²) in [7, 11) is 0. The van der Waals surface area contributed by atoms with Gasteiger partial charge in [-0.3, -0.25) is 19.9 Å². The number of imide groups is 1. The molecule has 0 aliphatic heterocycles. The van der Waals surface area contributed by atoms with Gasteiger partial charge in [0.25, 0.3) is 0 Å². The van der Waals surface area contributed by atoms with E-state index in [1.165, 1.54) is 18.7 Å². The van der Waals surface area contributed by atoms with E-state index in [0.717, 1.165) is 15.8 Å². The summed E-state index contributed by atoms with van der Waals surface area (Å²) in [5.41, 5.74) is 0.876. The third-order valence-corrected chi connectivity index (χ3v) is 3.32. The molecule has 2 amide bonds. The number of rotatable bonds is 3. The van der Waals surface area contributed by atoms with Crippen molar-refractivity contribution in [3.8, 4) is 0 Å². The number of carbonyl (C=O) groups is 2. The van der Waals surface area contributed by atoms with Crippen LogP contribution >= 0.6 is 11.8 Å². The average Bonchev–Trinajstić information content (AvgIpc) is 2.35. The van der Waals surface area contributed by atoms with Gasteiger partial charge in [-0.25, -0.2) is 0 Å². The van der Waals surface area contributed by atoms with Crippen molar-refractivity contribution in [3.63, 3.8) is 0 Å². The number of para-hydroxylation sites is 1. The van der Waals surface area contributed by atoms with Crippen LogP contribution in [-0.2, 0) is 9.59 Å². The Kier molecular flexibility index (Phi) is 3.94. The third-order valence-electron chi connectivity index (χ3n) is 2.27. The lowest BCUT2D eigenvalue weighted by Gasteiger charge is -2.04. The van der Waals surface area contributed by atoms with Gasteiger partial charge in [0.05, 0.1) is 11.3 Å². The van der Waals surface area contributed by atoms with Crippen molar-refractivity contribution in [2.75, 3.05) is 5.75 Å².